The maximum atomic E-state index is 5.35. The van der Waals surface area contributed by atoms with Crippen LogP contribution >= 0.6 is 0 Å². The highest BCUT2D eigenvalue weighted by atomic mass is 16.5. The number of hydrogen-bond acceptors (Lipinski definition) is 5. The fourth-order valence-corrected chi connectivity index (χ4v) is 2.84. The third kappa shape index (κ3) is 4.28. The molecule has 1 heterocycles. The normalized spacial score (nSPS) is 23.7. The van der Waals surface area contributed by atoms with Crippen molar-refractivity contribution in [1.29, 1.82) is 0 Å². The molecule has 1 aliphatic rings. The molecule has 1 aromatic rings. The van der Waals surface area contributed by atoms with Crippen LogP contribution < -0.4 is 5.32 Å². The summed E-state index contributed by atoms with van der Waals surface area (Å²) in [5.74, 6) is 2.16. The summed E-state index contributed by atoms with van der Waals surface area (Å²) >= 11 is 0. The first-order valence-corrected chi connectivity index (χ1v) is 7.40. The minimum Gasteiger partial charge on any atom is -0.381 e. The highest BCUT2D eigenvalue weighted by molar-refractivity contribution is 4.92. The lowest BCUT2D eigenvalue weighted by molar-refractivity contribution is 0.149. The van der Waals surface area contributed by atoms with E-state index >= 15 is 0 Å². The Morgan fingerprint density at radius 2 is 2.21 bits per heavy atom. The Labute approximate surface area is 115 Å². The van der Waals surface area contributed by atoms with Gasteiger partial charge in [0.05, 0.1) is 6.61 Å². The second-order valence-corrected chi connectivity index (χ2v) is 5.20. The Balaban J connectivity index is 1.84. The van der Waals surface area contributed by atoms with Crippen LogP contribution in [0.5, 0.6) is 0 Å². The van der Waals surface area contributed by atoms with E-state index in [1.807, 2.05) is 14.0 Å². The van der Waals surface area contributed by atoms with Crippen molar-refractivity contribution in [2.45, 2.75) is 51.5 Å². The van der Waals surface area contributed by atoms with Crippen molar-refractivity contribution in [3.05, 3.63) is 11.7 Å². The number of ether oxygens (including phenoxy) is 1. The summed E-state index contributed by atoms with van der Waals surface area (Å²) in [6.45, 7) is 3.39. The van der Waals surface area contributed by atoms with Gasteiger partial charge in [-0.3, -0.25) is 0 Å². The predicted molar refractivity (Wildman–Crippen MR) is 73.0 cm³/mol. The van der Waals surface area contributed by atoms with Crippen LogP contribution in [0.1, 0.15) is 44.3 Å². The van der Waals surface area contributed by atoms with Gasteiger partial charge in [0, 0.05) is 25.5 Å². The topological polar surface area (TPSA) is 60.2 Å². The molecule has 0 aliphatic heterocycles. The van der Waals surface area contributed by atoms with E-state index in [0.717, 1.165) is 31.2 Å². The van der Waals surface area contributed by atoms with Crippen LogP contribution in [0, 0.1) is 5.92 Å². The third-order valence-corrected chi connectivity index (χ3v) is 3.90. The summed E-state index contributed by atoms with van der Waals surface area (Å²) in [5, 5.41) is 7.43. The molecule has 1 saturated carbocycles. The molecule has 0 amide bonds. The molecular weight excluding hydrogens is 242 g/mol. The van der Waals surface area contributed by atoms with Crippen LogP contribution in [-0.4, -0.2) is 36.4 Å². The van der Waals surface area contributed by atoms with Gasteiger partial charge in [-0.25, -0.2) is 0 Å². The van der Waals surface area contributed by atoms with Gasteiger partial charge in [-0.2, -0.15) is 4.98 Å². The summed E-state index contributed by atoms with van der Waals surface area (Å²) in [5.41, 5.74) is 0. The standard InChI is InChI=1S/C14H25N3O2/c1-3-18-9-8-13-16-14(19-17-13)10-11-6-4-5-7-12(11)15-2/h11-12,15H,3-10H2,1-2H3. The minimum atomic E-state index is 0.590. The fourth-order valence-electron chi connectivity index (χ4n) is 2.84. The number of aromatic nitrogens is 2. The van der Waals surface area contributed by atoms with Crippen molar-refractivity contribution in [3.8, 4) is 0 Å². The average Bonchev–Trinajstić information content (AvgIpc) is 2.87. The summed E-state index contributed by atoms with van der Waals surface area (Å²) < 4.78 is 10.6. The van der Waals surface area contributed by atoms with Crippen LogP contribution in [0.4, 0.5) is 0 Å². The molecule has 2 unspecified atom stereocenters. The van der Waals surface area contributed by atoms with E-state index in [0.29, 0.717) is 18.6 Å². The summed E-state index contributed by atoms with van der Waals surface area (Å²) in [6, 6.07) is 0.590. The molecule has 0 saturated heterocycles. The van der Waals surface area contributed by atoms with Crippen molar-refractivity contribution in [3.63, 3.8) is 0 Å². The van der Waals surface area contributed by atoms with Gasteiger partial charge >= 0.3 is 0 Å². The Morgan fingerprint density at radius 1 is 1.37 bits per heavy atom. The third-order valence-electron chi connectivity index (χ3n) is 3.90. The van der Waals surface area contributed by atoms with Crippen molar-refractivity contribution >= 4 is 0 Å². The summed E-state index contributed by atoms with van der Waals surface area (Å²) in [4.78, 5) is 4.46. The fraction of sp³-hybridized carbons (Fsp3) is 0.857. The lowest BCUT2D eigenvalue weighted by atomic mass is 9.82. The zero-order valence-electron chi connectivity index (χ0n) is 12.0. The summed E-state index contributed by atoms with van der Waals surface area (Å²) in [7, 11) is 2.05. The molecule has 0 spiro atoms. The second kappa shape index (κ2) is 7.60. The zero-order chi connectivity index (χ0) is 13.5. The van der Waals surface area contributed by atoms with Crippen LogP contribution in [0.3, 0.4) is 0 Å². The highest BCUT2D eigenvalue weighted by Crippen LogP contribution is 2.26. The van der Waals surface area contributed by atoms with E-state index in [9.17, 15) is 0 Å². The highest BCUT2D eigenvalue weighted by Gasteiger charge is 2.25. The van der Waals surface area contributed by atoms with Gasteiger partial charge in [-0.1, -0.05) is 18.0 Å². The SMILES string of the molecule is CCOCCc1noc(CC2CCCCC2NC)n1. The first kappa shape index (κ1) is 14.5. The molecule has 0 aromatic carbocycles. The molecule has 1 fully saturated rings. The molecule has 0 radical (unpaired) electrons. The molecule has 2 rings (SSSR count). The lowest BCUT2D eigenvalue weighted by Crippen LogP contribution is -2.37. The van der Waals surface area contributed by atoms with E-state index in [2.05, 4.69) is 15.5 Å². The van der Waals surface area contributed by atoms with Crippen LogP contribution in [0.15, 0.2) is 4.52 Å². The monoisotopic (exact) mass is 267 g/mol. The number of rotatable bonds is 7. The smallest absolute Gasteiger partial charge is 0.226 e. The molecular formula is C14H25N3O2. The number of hydrogen-bond donors (Lipinski definition) is 1. The van der Waals surface area contributed by atoms with Gasteiger partial charge in [0.25, 0.3) is 0 Å². The second-order valence-electron chi connectivity index (χ2n) is 5.20. The molecule has 19 heavy (non-hydrogen) atoms. The van der Waals surface area contributed by atoms with Gasteiger partial charge in [-0.15, -0.1) is 0 Å². The van der Waals surface area contributed by atoms with Crippen LogP contribution in [-0.2, 0) is 17.6 Å². The van der Waals surface area contributed by atoms with E-state index in [-0.39, 0.29) is 0 Å². The number of nitrogens with zero attached hydrogens (tertiary/aromatic N) is 2. The summed E-state index contributed by atoms with van der Waals surface area (Å²) in [6.07, 6.45) is 6.78. The first-order valence-electron chi connectivity index (χ1n) is 7.40. The molecule has 1 N–H and O–H groups in total. The van der Waals surface area contributed by atoms with E-state index < -0.39 is 0 Å². The predicted octanol–water partition coefficient (Wildman–Crippen LogP) is 1.97. The van der Waals surface area contributed by atoms with E-state index in [1.165, 1.54) is 25.7 Å². The van der Waals surface area contributed by atoms with Gasteiger partial charge < -0.3 is 14.6 Å². The number of nitrogens with one attached hydrogen (secondary N) is 1. The van der Waals surface area contributed by atoms with E-state index in [4.69, 9.17) is 9.26 Å². The Hall–Kier alpha value is -0.940. The van der Waals surface area contributed by atoms with Crippen molar-refractivity contribution < 1.29 is 9.26 Å². The van der Waals surface area contributed by atoms with Gasteiger partial charge in [0.1, 0.15) is 0 Å². The van der Waals surface area contributed by atoms with Crippen molar-refractivity contribution in [2.75, 3.05) is 20.3 Å². The largest absolute Gasteiger partial charge is 0.381 e. The molecule has 1 aromatic heterocycles. The van der Waals surface area contributed by atoms with Gasteiger partial charge in [0.15, 0.2) is 5.82 Å². The van der Waals surface area contributed by atoms with Gasteiger partial charge in [0.2, 0.25) is 5.89 Å². The first-order chi connectivity index (χ1) is 9.33. The van der Waals surface area contributed by atoms with Crippen molar-refractivity contribution in [2.24, 2.45) is 5.92 Å². The molecule has 5 heteroatoms. The molecule has 2 atom stereocenters. The minimum absolute atomic E-state index is 0.590. The lowest BCUT2D eigenvalue weighted by Gasteiger charge is -2.30. The zero-order valence-corrected chi connectivity index (χ0v) is 12.0. The van der Waals surface area contributed by atoms with Crippen LogP contribution in [0.2, 0.25) is 0 Å². The quantitative estimate of drug-likeness (QED) is 0.765. The Bertz CT molecular complexity index is 367. The van der Waals surface area contributed by atoms with E-state index in [1.54, 1.807) is 0 Å². The maximum absolute atomic E-state index is 5.35. The van der Waals surface area contributed by atoms with Crippen molar-refractivity contribution in [1.82, 2.24) is 15.5 Å². The Morgan fingerprint density at radius 3 is 3.00 bits per heavy atom. The molecule has 0 bridgehead atoms. The Kier molecular flexibility index (Phi) is 5.79. The average molecular weight is 267 g/mol. The maximum Gasteiger partial charge on any atom is 0.226 e. The van der Waals surface area contributed by atoms with Gasteiger partial charge in [-0.05, 0) is 32.7 Å². The molecule has 5 nitrogen and oxygen atoms in total. The molecule has 108 valence electrons. The van der Waals surface area contributed by atoms with Crippen LogP contribution in [0.25, 0.3) is 0 Å². The molecule has 1 aliphatic carbocycles.